The molecule has 1 aromatic carbocycles. The number of benzene rings is 1. The number of nitrogens with zero attached hydrogens (tertiary/aromatic N) is 1. The molecule has 1 saturated heterocycles. The van der Waals surface area contributed by atoms with Gasteiger partial charge in [-0.1, -0.05) is 20.3 Å². The highest BCUT2D eigenvalue weighted by molar-refractivity contribution is 5.93. The van der Waals surface area contributed by atoms with Crippen LogP contribution in [0.25, 0.3) is 0 Å². The van der Waals surface area contributed by atoms with Gasteiger partial charge in [0.15, 0.2) is 0 Å². The van der Waals surface area contributed by atoms with Gasteiger partial charge in [0.05, 0.1) is 5.69 Å². The zero-order valence-electron chi connectivity index (χ0n) is 10.7. The molecule has 0 radical (unpaired) electrons. The molecule has 1 heterocycles. The Kier molecular flexibility index (Phi) is 3.52. The van der Waals surface area contributed by atoms with Gasteiger partial charge >= 0.3 is 6.03 Å². The van der Waals surface area contributed by atoms with Gasteiger partial charge in [0.2, 0.25) is 0 Å². The average Bonchev–Trinajstić information content (AvgIpc) is 2.69. The lowest BCUT2D eigenvalue weighted by molar-refractivity contribution is 0.242. The third kappa shape index (κ3) is 2.31. The standard InChI is InChI=1S/C13H18FN3O/c1-3-9-13(4-2)15-12(18)17(16-13)11-7-5-10(14)6-8-11/h5-8,16H,3-4,9H2,1-2H3,(H,15,18). The van der Waals surface area contributed by atoms with Crippen molar-refractivity contribution in [1.29, 1.82) is 0 Å². The number of hydrazine groups is 1. The molecule has 0 saturated carbocycles. The summed E-state index contributed by atoms with van der Waals surface area (Å²) in [5, 5.41) is 4.41. The molecular weight excluding hydrogens is 233 g/mol. The van der Waals surface area contributed by atoms with E-state index in [-0.39, 0.29) is 17.5 Å². The highest BCUT2D eigenvalue weighted by Crippen LogP contribution is 2.24. The summed E-state index contributed by atoms with van der Waals surface area (Å²) < 4.78 is 12.9. The summed E-state index contributed by atoms with van der Waals surface area (Å²) in [4.78, 5) is 12.0. The summed E-state index contributed by atoms with van der Waals surface area (Å²) in [5.41, 5.74) is 3.44. The van der Waals surface area contributed by atoms with Gasteiger partial charge in [-0.25, -0.2) is 19.6 Å². The quantitative estimate of drug-likeness (QED) is 0.864. The van der Waals surface area contributed by atoms with Crippen molar-refractivity contribution in [3.63, 3.8) is 0 Å². The van der Waals surface area contributed by atoms with Gasteiger partial charge in [-0.2, -0.15) is 0 Å². The fraction of sp³-hybridized carbons (Fsp3) is 0.462. The topological polar surface area (TPSA) is 44.4 Å². The van der Waals surface area contributed by atoms with Crippen molar-refractivity contribution in [2.75, 3.05) is 5.01 Å². The van der Waals surface area contributed by atoms with E-state index in [1.807, 2.05) is 6.92 Å². The number of urea groups is 1. The van der Waals surface area contributed by atoms with E-state index in [2.05, 4.69) is 17.7 Å². The second kappa shape index (κ2) is 4.94. The number of nitrogens with one attached hydrogen (secondary N) is 2. The van der Waals surface area contributed by atoms with E-state index in [4.69, 9.17) is 0 Å². The van der Waals surface area contributed by atoms with Gasteiger partial charge in [-0.3, -0.25) is 0 Å². The summed E-state index contributed by atoms with van der Waals surface area (Å²) in [6, 6.07) is 5.66. The van der Waals surface area contributed by atoms with Crippen LogP contribution in [0.3, 0.4) is 0 Å². The number of carbonyl (C=O) groups is 1. The third-order valence-electron chi connectivity index (χ3n) is 3.24. The minimum absolute atomic E-state index is 0.197. The molecule has 98 valence electrons. The van der Waals surface area contributed by atoms with Crippen molar-refractivity contribution in [3.05, 3.63) is 30.1 Å². The first kappa shape index (κ1) is 12.8. The molecule has 1 aromatic rings. The zero-order chi connectivity index (χ0) is 13.2. The highest BCUT2D eigenvalue weighted by Gasteiger charge is 2.40. The highest BCUT2D eigenvalue weighted by atomic mass is 19.1. The summed E-state index contributed by atoms with van der Waals surface area (Å²) in [6.45, 7) is 4.10. The molecule has 0 aromatic heterocycles. The van der Waals surface area contributed by atoms with Gasteiger partial charge < -0.3 is 5.32 Å². The smallest absolute Gasteiger partial charge is 0.317 e. The summed E-state index contributed by atoms with van der Waals surface area (Å²) in [5.74, 6) is -0.311. The van der Waals surface area contributed by atoms with Gasteiger partial charge in [0, 0.05) is 0 Å². The van der Waals surface area contributed by atoms with Crippen LogP contribution in [0, 0.1) is 5.82 Å². The zero-order valence-corrected chi connectivity index (χ0v) is 10.7. The predicted molar refractivity (Wildman–Crippen MR) is 68.5 cm³/mol. The minimum atomic E-state index is -0.389. The van der Waals surface area contributed by atoms with E-state index in [0.29, 0.717) is 5.69 Å². The predicted octanol–water partition coefficient (Wildman–Crippen LogP) is 2.77. The van der Waals surface area contributed by atoms with Crippen molar-refractivity contribution >= 4 is 11.7 Å². The largest absolute Gasteiger partial charge is 0.338 e. The van der Waals surface area contributed by atoms with Crippen LogP contribution in [0.15, 0.2) is 24.3 Å². The van der Waals surface area contributed by atoms with Crippen LogP contribution in [0.4, 0.5) is 14.9 Å². The van der Waals surface area contributed by atoms with Crippen molar-refractivity contribution in [2.45, 2.75) is 38.8 Å². The van der Waals surface area contributed by atoms with E-state index in [0.717, 1.165) is 19.3 Å². The summed E-state index contributed by atoms with van der Waals surface area (Å²) in [6.07, 6.45) is 2.62. The van der Waals surface area contributed by atoms with Crippen molar-refractivity contribution in [2.24, 2.45) is 0 Å². The van der Waals surface area contributed by atoms with Crippen molar-refractivity contribution in [3.8, 4) is 0 Å². The fourth-order valence-corrected chi connectivity index (χ4v) is 2.21. The maximum absolute atomic E-state index is 12.9. The van der Waals surface area contributed by atoms with E-state index >= 15 is 0 Å². The first-order chi connectivity index (χ1) is 8.60. The number of anilines is 1. The van der Waals surface area contributed by atoms with Gasteiger partial charge in [-0.05, 0) is 37.1 Å². The average molecular weight is 251 g/mol. The third-order valence-corrected chi connectivity index (χ3v) is 3.24. The van der Waals surface area contributed by atoms with Crippen LogP contribution in [0.5, 0.6) is 0 Å². The Balaban J connectivity index is 2.21. The van der Waals surface area contributed by atoms with Crippen LogP contribution in [0.2, 0.25) is 0 Å². The van der Waals surface area contributed by atoms with Crippen LogP contribution < -0.4 is 15.8 Å². The molecular formula is C13H18FN3O. The van der Waals surface area contributed by atoms with E-state index < -0.39 is 0 Å². The van der Waals surface area contributed by atoms with Gasteiger partial charge in [0.1, 0.15) is 11.5 Å². The van der Waals surface area contributed by atoms with Crippen LogP contribution >= 0.6 is 0 Å². The Labute approximate surface area is 106 Å². The molecule has 2 rings (SSSR count). The number of hydrogen-bond acceptors (Lipinski definition) is 2. The first-order valence-corrected chi connectivity index (χ1v) is 6.26. The molecule has 1 aliphatic heterocycles. The van der Waals surface area contributed by atoms with Crippen LogP contribution in [0.1, 0.15) is 33.1 Å². The van der Waals surface area contributed by atoms with Crippen LogP contribution in [-0.4, -0.2) is 11.7 Å². The maximum Gasteiger partial charge on any atom is 0.338 e. The SMILES string of the molecule is CCCC1(CC)NC(=O)N(c2ccc(F)cc2)N1. The molecule has 0 aliphatic carbocycles. The molecule has 0 bridgehead atoms. The van der Waals surface area contributed by atoms with Crippen molar-refractivity contribution < 1.29 is 9.18 Å². The number of amides is 2. The number of hydrogen-bond donors (Lipinski definition) is 2. The molecule has 1 unspecified atom stereocenters. The van der Waals surface area contributed by atoms with E-state index in [9.17, 15) is 9.18 Å². The molecule has 1 aliphatic rings. The number of carbonyl (C=O) groups excluding carboxylic acids is 1. The Bertz CT molecular complexity index is 434. The number of rotatable bonds is 4. The maximum atomic E-state index is 12.9. The Hall–Kier alpha value is -1.62. The molecule has 2 N–H and O–H groups in total. The van der Waals surface area contributed by atoms with E-state index in [1.54, 1.807) is 12.1 Å². The Morgan fingerprint density at radius 3 is 2.50 bits per heavy atom. The molecule has 0 spiro atoms. The van der Waals surface area contributed by atoms with Crippen molar-refractivity contribution in [1.82, 2.24) is 10.7 Å². The second-order valence-electron chi connectivity index (χ2n) is 4.54. The lowest BCUT2D eigenvalue weighted by atomic mass is 10.0. The second-order valence-corrected chi connectivity index (χ2v) is 4.54. The summed E-state index contributed by atoms with van der Waals surface area (Å²) in [7, 11) is 0. The molecule has 1 atom stereocenters. The Morgan fingerprint density at radius 2 is 1.94 bits per heavy atom. The monoisotopic (exact) mass is 251 g/mol. The van der Waals surface area contributed by atoms with Gasteiger partial charge in [-0.15, -0.1) is 0 Å². The Morgan fingerprint density at radius 1 is 1.28 bits per heavy atom. The molecule has 5 heteroatoms. The lowest BCUT2D eigenvalue weighted by Gasteiger charge is -2.27. The minimum Gasteiger partial charge on any atom is -0.317 e. The molecule has 4 nitrogen and oxygen atoms in total. The fourth-order valence-electron chi connectivity index (χ4n) is 2.21. The molecule has 18 heavy (non-hydrogen) atoms. The lowest BCUT2D eigenvalue weighted by Crippen LogP contribution is -2.50. The first-order valence-electron chi connectivity index (χ1n) is 6.26. The normalized spacial score (nSPS) is 23.3. The van der Waals surface area contributed by atoms with Gasteiger partial charge in [0.25, 0.3) is 0 Å². The summed E-state index contributed by atoms with van der Waals surface area (Å²) >= 11 is 0. The molecule has 1 fully saturated rings. The number of halogens is 1. The van der Waals surface area contributed by atoms with Crippen LogP contribution in [-0.2, 0) is 0 Å². The van der Waals surface area contributed by atoms with E-state index in [1.165, 1.54) is 17.1 Å². The molecule has 2 amide bonds.